The zero-order chi connectivity index (χ0) is 16.9. The van der Waals surface area contributed by atoms with Crippen LogP contribution in [0.15, 0.2) is 18.2 Å². The van der Waals surface area contributed by atoms with E-state index in [4.69, 9.17) is 14.2 Å². The van der Waals surface area contributed by atoms with Gasteiger partial charge in [0.1, 0.15) is 0 Å². The van der Waals surface area contributed by atoms with Crippen LogP contribution in [-0.4, -0.2) is 38.4 Å². The molecule has 0 spiro atoms. The fourth-order valence-corrected chi connectivity index (χ4v) is 2.16. The van der Waals surface area contributed by atoms with Gasteiger partial charge < -0.3 is 19.5 Å². The number of amides is 1. The topological polar surface area (TPSA) is 56.8 Å². The Labute approximate surface area is 138 Å². The predicted molar refractivity (Wildman–Crippen MR) is 89.3 cm³/mol. The zero-order valence-corrected chi connectivity index (χ0v) is 14.5. The predicted octanol–water partition coefficient (Wildman–Crippen LogP) is 3.03. The molecule has 1 N–H and O–H groups in total. The Hall–Kier alpha value is -1.75. The van der Waals surface area contributed by atoms with Crippen molar-refractivity contribution in [3.8, 4) is 11.5 Å². The van der Waals surface area contributed by atoms with Gasteiger partial charge in [0.15, 0.2) is 11.5 Å². The highest BCUT2D eigenvalue weighted by Gasteiger charge is 2.25. The Morgan fingerprint density at radius 3 is 2.65 bits per heavy atom. The molecule has 5 nitrogen and oxygen atoms in total. The third kappa shape index (κ3) is 5.43. The first kappa shape index (κ1) is 17.6. The van der Waals surface area contributed by atoms with Gasteiger partial charge in [-0.2, -0.15) is 0 Å². The zero-order valence-electron chi connectivity index (χ0n) is 14.5. The van der Waals surface area contributed by atoms with E-state index in [2.05, 4.69) is 19.2 Å². The summed E-state index contributed by atoms with van der Waals surface area (Å²) in [6.07, 6.45) is 1.01. The van der Waals surface area contributed by atoms with Crippen LogP contribution in [0.4, 0.5) is 0 Å². The maximum Gasteiger partial charge on any atom is 0.251 e. The molecule has 128 valence electrons. The van der Waals surface area contributed by atoms with E-state index in [9.17, 15) is 4.79 Å². The van der Waals surface area contributed by atoms with Crippen LogP contribution in [0.5, 0.6) is 11.5 Å². The molecule has 0 aromatic heterocycles. The molecule has 1 aliphatic rings. The molecule has 1 aromatic carbocycles. The number of nitrogens with one attached hydrogen (secondary N) is 1. The van der Waals surface area contributed by atoms with E-state index in [0.717, 1.165) is 6.42 Å². The number of carbonyl (C=O) groups excluding carboxylic acids is 1. The number of hydrogen-bond donors (Lipinski definition) is 1. The summed E-state index contributed by atoms with van der Waals surface area (Å²) in [6, 6.07) is 5.31. The Morgan fingerprint density at radius 2 is 1.96 bits per heavy atom. The molecule has 0 unspecified atom stereocenters. The highest BCUT2D eigenvalue weighted by atomic mass is 16.5. The van der Waals surface area contributed by atoms with Crippen LogP contribution in [0.1, 0.15) is 44.5 Å². The minimum atomic E-state index is -0.107. The van der Waals surface area contributed by atoms with Crippen molar-refractivity contribution in [2.45, 2.75) is 40.2 Å². The van der Waals surface area contributed by atoms with Crippen LogP contribution in [0.25, 0.3) is 0 Å². The summed E-state index contributed by atoms with van der Waals surface area (Å²) in [5.74, 6) is 1.22. The number of benzene rings is 1. The SMILES string of the molecule is CC(C)OCCCNC(=O)c1ccc2c(c1)OCC(C)(C)CO2. The summed E-state index contributed by atoms with van der Waals surface area (Å²) in [5, 5.41) is 2.90. The Bertz CT molecular complexity index is 540. The van der Waals surface area contributed by atoms with Gasteiger partial charge in [-0.25, -0.2) is 0 Å². The second kappa shape index (κ2) is 7.68. The monoisotopic (exact) mass is 321 g/mol. The smallest absolute Gasteiger partial charge is 0.251 e. The quantitative estimate of drug-likeness (QED) is 0.818. The van der Waals surface area contributed by atoms with E-state index >= 15 is 0 Å². The van der Waals surface area contributed by atoms with Crippen molar-refractivity contribution in [2.24, 2.45) is 5.41 Å². The lowest BCUT2D eigenvalue weighted by Gasteiger charge is -2.19. The first-order chi connectivity index (χ1) is 10.9. The van der Waals surface area contributed by atoms with Crippen molar-refractivity contribution in [2.75, 3.05) is 26.4 Å². The maximum atomic E-state index is 12.2. The van der Waals surface area contributed by atoms with Crippen molar-refractivity contribution < 1.29 is 19.0 Å². The minimum absolute atomic E-state index is 0.0438. The van der Waals surface area contributed by atoms with Crippen molar-refractivity contribution in [3.05, 3.63) is 23.8 Å². The van der Waals surface area contributed by atoms with Crippen LogP contribution in [-0.2, 0) is 4.74 Å². The second-order valence-electron chi connectivity index (χ2n) is 6.93. The van der Waals surface area contributed by atoms with Crippen LogP contribution < -0.4 is 14.8 Å². The molecule has 1 aromatic rings. The van der Waals surface area contributed by atoms with Gasteiger partial charge >= 0.3 is 0 Å². The molecular weight excluding hydrogens is 294 g/mol. The van der Waals surface area contributed by atoms with Crippen LogP contribution in [0, 0.1) is 5.41 Å². The maximum absolute atomic E-state index is 12.2. The van der Waals surface area contributed by atoms with E-state index in [0.29, 0.717) is 43.4 Å². The molecule has 0 saturated carbocycles. The normalized spacial score (nSPS) is 16.0. The summed E-state index contributed by atoms with van der Waals surface area (Å²) in [7, 11) is 0. The molecule has 23 heavy (non-hydrogen) atoms. The number of carbonyl (C=O) groups is 1. The molecule has 0 bridgehead atoms. The summed E-state index contributed by atoms with van der Waals surface area (Å²) >= 11 is 0. The van der Waals surface area contributed by atoms with Crippen molar-refractivity contribution in [1.82, 2.24) is 5.32 Å². The van der Waals surface area contributed by atoms with Gasteiger partial charge in [0.05, 0.1) is 19.3 Å². The fraction of sp³-hybridized carbons (Fsp3) is 0.611. The van der Waals surface area contributed by atoms with E-state index in [1.54, 1.807) is 18.2 Å². The Morgan fingerprint density at radius 1 is 1.26 bits per heavy atom. The standard InChI is InChI=1S/C18H27NO4/c1-13(2)21-9-5-8-19-17(20)14-6-7-15-16(10-14)23-12-18(3,4)11-22-15/h6-7,10,13H,5,8-9,11-12H2,1-4H3,(H,19,20). The molecule has 5 heteroatoms. The number of hydrogen-bond acceptors (Lipinski definition) is 4. The fourth-order valence-electron chi connectivity index (χ4n) is 2.16. The van der Waals surface area contributed by atoms with Crippen molar-refractivity contribution in [1.29, 1.82) is 0 Å². The summed E-state index contributed by atoms with van der Waals surface area (Å²) in [4.78, 5) is 12.2. The Kier molecular flexibility index (Phi) is 5.88. The van der Waals surface area contributed by atoms with Gasteiger partial charge in [0.25, 0.3) is 5.91 Å². The van der Waals surface area contributed by atoms with E-state index in [-0.39, 0.29) is 17.4 Å². The van der Waals surface area contributed by atoms with E-state index in [1.807, 2.05) is 13.8 Å². The van der Waals surface area contributed by atoms with E-state index in [1.165, 1.54) is 0 Å². The van der Waals surface area contributed by atoms with Gasteiger partial charge in [-0.05, 0) is 38.5 Å². The third-order valence-corrected chi connectivity index (χ3v) is 3.50. The van der Waals surface area contributed by atoms with Crippen LogP contribution >= 0.6 is 0 Å². The van der Waals surface area contributed by atoms with Crippen LogP contribution in [0.3, 0.4) is 0 Å². The first-order valence-electron chi connectivity index (χ1n) is 8.17. The highest BCUT2D eigenvalue weighted by Crippen LogP contribution is 2.34. The van der Waals surface area contributed by atoms with Gasteiger partial charge in [-0.3, -0.25) is 4.79 Å². The molecule has 1 amide bonds. The molecule has 0 aliphatic carbocycles. The van der Waals surface area contributed by atoms with Gasteiger partial charge in [-0.1, -0.05) is 13.8 Å². The summed E-state index contributed by atoms with van der Waals surface area (Å²) in [6.45, 7) is 10.6. The van der Waals surface area contributed by atoms with Gasteiger partial charge in [-0.15, -0.1) is 0 Å². The molecule has 1 aliphatic heterocycles. The number of fused-ring (bicyclic) bond motifs is 1. The molecule has 0 fully saturated rings. The molecule has 0 saturated heterocycles. The molecule has 2 rings (SSSR count). The van der Waals surface area contributed by atoms with E-state index < -0.39 is 0 Å². The van der Waals surface area contributed by atoms with Gasteiger partial charge in [0.2, 0.25) is 0 Å². The second-order valence-corrected chi connectivity index (χ2v) is 6.93. The molecule has 1 heterocycles. The Balaban J connectivity index is 1.89. The molecule has 0 atom stereocenters. The lowest BCUT2D eigenvalue weighted by Crippen LogP contribution is -2.26. The van der Waals surface area contributed by atoms with Crippen molar-refractivity contribution >= 4 is 5.91 Å². The third-order valence-electron chi connectivity index (χ3n) is 3.50. The minimum Gasteiger partial charge on any atom is -0.489 e. The number of ether oxygens (including phenoxy) is 3. The van der Waals surface area contributed by atoms with Crippen molar-refractivity contribution in [3.63, 3.8) is 0 Å². The number of rotatable bonds is 6. The summed E-state index contributed by atoms with van der Waals surface area (Å²) in [5.41, 5.74) is 0.537. The highest BCUT2D eigenvalue weighted by molar-refractivity contribution is 5.94. The van der Waals surface area contributed by atoms with Crippen LogP contribution in [0.2, 0.25) is 0 Å². The lowest BCUT2D eigenvalue weighted by atomic mass is 9.97. The molecule has 0 radical (unpaired) electrons. The average Bonchev–Trinajstić information content (AvgIpc) is 2.65. The molecular formula is C18H27NO4. The largest absolute Gasteiger partial charge is 0.489 e. The lowest BCUT2D eigenvalue weighted by molar-refractivity contribution is 0.0757. The van der Waals surface area contributed by atoms with Gasteiger partial charge in [0, 0.05) is 24.1 Å². The summed E-state index contributed by atoms with van der Waals surface area (Å²) < 4.78 is 17.0. The first-order valence-corrected chi connectivity index (χ1v) is 8.17. The average molecular weight is 321 g/mol.